The number of hydrogen-bond donors (Lipinski definition) is 0. The van der Waals surface area contributed by atoms with Crippen LogP contribution in [0.5, 0.6) is 0 Å². The third kappa shape index (κ3) is 0.878. The van der Waals surface area contributed by atoms with Crippen LogP contribution in [0.15, 0.2) is 28.0 Å². The maximum absolute atomic E-state index is 12.2. The molecule has 6 rings (SSSR count). The average Bonchev–Trinajstić information content (AvgIpc) is 3.21. The summed E-state index contributed by atoms with van der Waals surface area (Å²) in [4.78, 5) is 28.6. The summed E-state index contributed by atoms with van der Waals surface area (Å²) in [6, 6.07) is 1.49. The molecular formula is C12H10N4O3. The van der Waals surface area contributed by atoms with E-state index in [1.54, 1.807) is 17.1 Å². The number of nitrogens with zero attached hydrogens (tertiary/aromatic N) is 4. The van der Waals surface area contributed by atoms with Gasteiger partial charge < -0.3 is 4.74 Å². The van der Waals surface area contributed by atoms with Gasteiger partial charge in [0.2, 0.25) is 0 Å². The van der Waals surface area contributed by atoms with Crippen LogP contribution >= 0.6 is 0 Å². The van der Waals surface area contributed by atoms with Crippen LogP contribution < -0.4 is 11.4 Å². The molecule has 3 aliphatic heterocycles. The van der Waals surface area contributed by atoms with Crippen LogP contribution in [0.4, 0.5) is 0 Å². The first-order valence-corrected chi connectivity index (χ1v) is 6.19. The largest absolute Gasteiger partial charge is 0.364 e. The van der Waals surface area contributed by atoms with Crippen molar-refractivity contribution in [2.45, 2.75) is 24.3 Å². The van der Waals surface area contributed by atoms with E-state index in [2.05, 4.69) is 4.98 Å². The Morgan fingerprint density at radius 1 is 1.11 bits per heavy atom. The summed E-state index contributed by atoms with van der Waals surface area (Å²) in [6.07, 6.45) is 3.51. The molecule has 4 unspecified atom stereocenters. The fourth-order valence-corrected chi connectivity index (χ4v) is 3.55. The highest BCUT2D eigenvalue weighted by Gasteiger charge is 2.62. The van der Waals surface area contributed by atoms with Crippen LogP contribution in [0.2, 0.25) is 0 Å². The normalized spacial score (nSPS) is 32.7. The second-order valence-electron chi connectivity index (χ2n) is 5.27. The van der Waals surface area contributed by atoms with Crippen molar-refractivity contribution in [3.05, 3.63) is 50.6 Å². The molecule has 4 aliphatic rings. The van der Waals surface area contributed by atoms with Crippen molar-refractivity contribution in [2.75, 3.05) is 0 Å². The van der Waals surface area contributed by atoms with Gasteiger partial charge >= 0.3 is 11.4 Å². The summed E-state index contributed by atoms with van der Waals surface area (Å²) in [7, 11) is 1.51. The minimum absolute atomic E-state index is 0.00111. The van der Waals surface area contributed by atoms with Gasteiger partial charge in [0, 0.05) is 25.0 Å². The molecule has 96 valence electrons. The standard InChI is InChI=1S/C12H10N4O3/c1-14-11(17)15-7-5-2-3-13-4-6(5)8(10-9(7)19-10)16(15)12(14)18/h2-4,7-10H,1H3. The topological polar surface area (TPSA) is 74.3 Å². The van der Waals surface area contributed by atoms with E-state index in [4.69, 9.17) is 4.74 Å². The Labute approximate surface area is 106 Å². The molecule has 19 heavy (non-hydrogen) atoms. The molecule has 0 N–H and O–H groups in total. The monoisotopic (exact) mass is 258 g/mol. The summed E-state index contributed by atoms with van der Waals surface area (Å²) in [5.74, 6) is 0. The number of aromatic nitrogens is 4. The van der Waals surface area contributed by atoms with Crippen molar-refractivity contribution in [1.82, 2.24) is 18.9 Å². The Morgan fingerprint density at radius 3 is 2.42 bits per heavy atom. The lowest BCUT2D eigenvalue weighted by Crippen LogP contribution is -2.47. The van der Waals surface area contributed by atoms with E-state index < -0.39 is 0 Å². The Kier molecular flexibility index (Phi) is 1.39. The fourth-order valence-electron chi connectivity index (χ4n) is 3.55. The molecule has 2 aromatic heterocycles. The molecule has 7 nitrogen and oxygen atoms in total. The minimum Gasteiger partial charge on any atom is -0.364 e. The molecule has 0 saturated carbocycles. The van der Waals surface area contributed by atoms with E-state index in [1.807, 2.05) is 6.07 Å². The van der Waals surface area contributed by atoms with Crippen molar-refractivity contribution in [3.8, 4) is 0 Å². The quantitative estimate of drug-likeness (QED) is 0.569. The predicted octanol–water partition coefficient (Wildman–Crippen LogP) is -0.983. The molecule has 7 heteroatoms. The van der Waals surface area contributed by atoms with Gasteiger partial charge in [-0.2, -0.15) is 0 Å². The molecule has 2 aromatic rings. The van der Waals surface area contributed by atoms with Gasteiger partial charge in [0.15, 0.2) is 0 Å². The van der Waals surface area contributed by atoms with E-state index in [-0.39, 0.29) is 35.7 Å². The van der Waals surface area contributed by atoms with Crippen molar-refractivity contribution < 1.29 is 4.74 Å². The molecule has 0 aromatic carbocycles. The number of pyridine rings is 1. The second kappa shape index (κ2) is 2.72. The Bertz CT molecular complexity index is 779. The molecule has 1 saturated heterocycles. The van der Waals surface area contributed by atoms with Crippen LogP contribution in [0.1, 0.15) is 23.2 Å². The van der Waals surface area contributed by atoms with Crippen molar-refractivity contribution in [1.29, 1.82) is 0 Å². The first-order chi connectivity index (χ1) is 9.20. The van der Waals surface area contributed by atoms with Gasteiger partial charge in [0.25, 0.3) is 0 Å². The van der Waals surface area contributed by atoms with Gasteiger partial charge in [-0.05, 0) is 11.6 Å². The smallest absolute Gasteiger partial charge is 0.347 e. The number of hydrogen-bond acceptors (Lipinski definition) is 4. The molecule has 0 radical (unpaired) electrons. The highest BCUT2D eigenvalue weighted by Crippen LogP contribution is 2.54. The molecule has 5 heterocycles. The molecule has 0 amide bonds. The second-order valence-corrected chi connectivity index (χ2v) is 5.27. The van der Waals surface area contributed by atoms with E-state index in [9.17, 15) is 9.59 Å². The maximum Gasteiger partial charge on any atom is 0.347 e. The van der Waals surface area contributed by atoms with Crippen molar-refractivity contribution in [2.24, 2.45) is 7.05 Å². The lowest BCUT2D eigenvalue weighted by atomic mass is 9.84. The predicted molar refractivity (Wildman–Crippen MR) is 63.1 cm³/mol. The van der Waals surface area contributed by atoms with Gasteiger partial charge in [0.1, 0.15) is 24.3 Å². The zero-order valence-electron chi connectivity index (χ0n) is 10.1. The molecular weight excluding hydrogens is 248 g/mol. The molecule has 0 spiro atoms. The summed E-state index contributed by atoms with van der Waals surface area (Å²) in [5, 5.41) is 0. The minimum atomic E-state index is -0.288. The average molecular weight is 258 g/mol. The van der Waals surface area contributed by atoms with E-state index in [0.717, 1.165) is 15.7 Å². The number of ether oxygens (including phenoxy) is 1. The summed E-state index contributed by atoms with van der Waals surface area (Å²) in [5.41, 5.74) is 1.48. The SMILES string of the molecule is Cn1c(=O)n2n(c1=O)C1c3cnccc3C2C2OC21. The Balaban J connectivity index is 1.96. The highest BCUT2D eigenvalue weighted by molar-refractivity contribution is 5.41. The zero-order valence-corrected chi connectivity index (χ0v) is 10.1. The van der Waals surface area contributed by atoms with Crippen molar-refractivity contribution >= 4 is 0 Å². The first-order valence-electron chi connectivity index (χ1n) is 6.19. The first kappa shape index (κ1) is 9.74. The van der Waals surface area contributed by atoms with Gasteiger partial charge in [-0.1, -0.05) is 0 Å². The number of epoxide rings is 1. The fraction of sp³-hybridized carbons (Fsp3) is 0.417. The lowest BCUT2D eigenvalue weighted by molar-refractivity contribution is 0.276. The third-order valence-corrected chi connectivity index (χ3v) is 4.43. The highest BCUT2D eigenvalue weighted by atomic mass is 16.6. The summed E-state index contributed by atoms with van der Waals surface area (Å²) in [6.45, 7) is 0. The third-order valence-electron chi connectivity index (χ3n) is 4.43. The van der Waals surface area contributed by atoms with Gasteiger partial charge in [0.05, 0.1) is 0 Å². The molecule has 1 fully saturated rings. The van der Waals surface area contributed by atoms with Gasteiger partial charge in [-0.3, -0.25) is 4.98 Å². The van der Waals surface area contributed by atoms with E-state index >= 15 is 0 Å². The lowest BCUT2D eigenvalue weighted by Gasteiger charge is -2.36. The molecule has 2 bridgehead atoms. The number of rotatable bonds is 0. The van der Waals surface area contributed by atoms with Crippen molar-refractivity contribution in [3.63, 3.8) is 0 Å². The Morgan fingerprint density at radius 2 is 1.74 bits per heavy atom. The maximum atomic E-state index is 12.2. The van der Waals surface area contributed by atoms with Gasteiger partial charge in [-0.25, -0.2) is 23.5 Å². The zero-order chi connectivity index (χ0) is 12.9. The van der Waals surface area contributed by atoms with Crippen LogP contribution in [0.25, 0.3) is 0 Å². The van der Waals surface area contributed by atoms with E-state index in [1.165, 1.54) is 11.7 Å². The summed E-state index contributed by atoms with van der Waals surface area (Å²) < 4.78 is 9.92. The van der Waals surface area contributed by atoms with Crippen LogP contribution in [0, 0.1) is 0 Å². The Hall–Kier alpha value is -2.15. The molecule has 4 atom stereocenters. The van der Waals surface area contributed by atoms with Crippen LogP contribution in [0.3, 0.4) is 0 Å². The molecule has 1 aliphatic carbocycles. The van der Waals surface area contributed by atoms with Crippen LogP contribution in [-0.2, 0) is 11.8 Å². The van der Waals surface area contributed by atoms with Gasteiger partial charge in [-0.15, -0.1) is 0 Å². The summed E-state index contributed by atoms with van der Waals surface area (Å²) >= 11 is 0. The van der Waals surface area contributed by atoms with E-state index in [0.29, 0.717) is 0 Å². The van der Waals surface area contributed by atoms with Crippen LogP contribution in [-0.4, -0.2) is 31.1 Å².